The van der Waals surface area contributed by atoms with Crippen LogP contribution in [-0.2, 0) is 14.3 Å². The number of aromatic nitrogens is 4. The first-order chi connectivity index (χ1) is 23.8. The lowest BCUT2D eigenvalue weighted by molar-refractivity contribution is -0.153. The molecule has 2 aliphatic heterocycles. The van der Waals surface area contributed by atoms with Gasteiger partial charge in [-0.25, -0.2) is 14.8 Å². The number of H-pyrrole nitrogens is 2. The number of nitrogens with one attached hydrogen (secondary N) is 3. The molecule has 0 saturated carbocycles. The number of carbonyl (C=O) groups excluding carboxylic acids is 3. The molecule has 2 aromatic heterocycles. The van der Waals surface area contributed by atoms with E-state index >= 15 is 0 Å². The Balaban J connectivity index is 1.15. The van der Waals surface area contributed by atoms with Crippen molar-refractivity contribution in [3.05, 3.63) is 60.3 Å². The molecule has 0 unspecified atom stereocenters. The number of carbonyl (C=O) groups is 3. The molecule has 4 heterocycles. The van der Waals surface area contributed by atoms with E-state index in [1.807, 2.05) is 56.3 Å². The minimum Gasteiger partial charge on any atom is -0.453 e. The van der Waals surface area contributed by atoms with Gasteiger partial charge in [0, 0.05) is 13.1 Å². The largest absolute Gasteiger partial charge is 0.453 e. The number of alkyl carbamates (subject to hydrolysis) is 1. The van der Waals surface area contributed by atoms with Gasteiger partial charge in [-0.2, -0.15) is 13.2 Å². The standard InChI is InChI=1S/C35H41F3N8O4/c1-19(2)29(44-34(49)50-3)33(48)46-15-5-7-28(46)31-41-24-13-12-22(16-25(24)42-31)20-8-10-21(11-9-20)26-18-40-30(43-26)27-6-4-14-45(27)32(47)23(39)17-35(36,37)38/h8-13,16,18-19,23,27-29H,4-7,14-15,17,39H2,1-3H3,(H,40,43)(H,41,42)(H,44,49)/t23-,27-,28-,29-/m0/s1. The van der Waals surface area contributed by atoms with Crippen LogP contribution in [0.15, 0.2) is 48.7 Å². The topological polar surface area (TPSA) is 162 Å². The lowest BCUT2D eigenvalue weighted by Crippen LogP contribution is -2.51. The summed E-state index contributed by atoms with van der Waals surface area (Å²) in [6, 6.07) is 10.7. The molecule has 12 nitrogen and oxygen atoms in total. The fourth-order valence-electron chi connectivity index (χ4n) is 6.92. The molecule has 2 aliphatic rings. The van der Waals surface area contributed by atoms with Crippen LogP contribution in [0.5, 0.6) is 0 Å². The SMILES string of the molecule is COC(=O)N[C@H](C(=O)N1CCC[C@H]1c1nc2ccc(-c3ccc(-c4cnc([C@@H]5CCCN5C(=O)[C@@H](N)CC(F)(F)F)[nH]4)cc3)cc2[nH]1)C(C)C. The molecule has 2 aromatic carbocycles. The Morgan fingerprint density at radius 3 is 2.20 bits per heavy atom. The minimum absolute atomic E-state index is 0.129. The summed E-state index contributed by atoms with van der Waals surface area (Å²) < 4.78 is 43.3. The van der Waals surface area contributed by atoms with E-state index in [9.17, 15) is 27.6 Å². The van der Waals surface area contributed by atoms with Crippen molar-refractivity contribution in [3.63, 3.8) is 0 Å². The number of aromatic amines is 2. The first kappa shape index (κ1) is 34.9. The number of benzene rings is 2. The van der Waals surface area contributed by atoms with Crippen LogP contribution in [0.2, 0.25) is 0 Å². The van der Waals surface area contributed by atoms with Crippen LogP contribution >= 0.6 is 0 Å². The van der Waals surface area contributed by atoms with Crippen LogP contribution < -0.4 is 11.1 Å². The average molecular weight is 695 g/mol. The number of methoxy groups -OCH3 is 1. The number of hydrogen-bond acceptors (Lipinski definition) is 7. The third kappa shape index (κ3) is 7.32. The van der Waals surface area contributed by atoms with Gasteiger partial charge in [-0.3, -0.25) is 9.59 Å². The maximum absolute atomic E-state index is 13.5. The Bertz CT molecular complexity index is 1850. The number of halogens is 3. The van der Waals surface area contributed by atoms with Crippen LogP contribution in [0.1, 0.15) is 69.7 Å². The normalized spacial score (nSPS) is 19.3. The molecule has 4 atom stereocenters. The third-order valence-electron chi connectivity index (χ3n) is 9.49. The number of alkyl halides is 3. The van der Waals surface area contributed by atoms with Crippen molar-refractivity contribution in [1.29, 1.82) is 0 Å². The zero-order chi connectivity index (χ0) is 35.7. The zero-order valence-corrected chi connectivity index (χ0v) is 28.1. The highest BCUT2D eigenvalue weighted by molar-refractivity contribution is 5.87. The van der Waals surface area contributed by atoms with Gasteiger partial charge in [0.05, 0.1) is 54.6 Å². The number of fused-ring (bicyclic) bond motifs is 1. The molecule has 5 N–H and O–H groups in total. The highest BCUT2D eigenvalue weighted by Crippen LogP contribution is 2.35. The summed E-state index contributed by atoms with van der Waals surface area (Å²) in [6.07, 6.45) is -2.09. The van der Waals surface area contributed by atoms with Crippen molar-refractivity contribution >= 4 is 28.9 Å². The number of nitrogens with two attached hydrogens (primary N) is 1. The molecule has 0 aliphatic carbocycles. The number of hydrogen-bond donors (Lipinski definition) is 4. The van der Waals surface area contributed by atoms with Crippen molar-refractivity contribution in [3.8, 4) is 22.4 Å². The van der Waals surface area contributed by atoms with E-state index in [0.29, 0.717) is 37.6 Å². The predicted molar refractivity (Wildman–Crippen MR) is 179 cm³/mol. The highest BCUT2D eigenvalue weighted by atomic mass is 19.4. The number of imidazole rings is 2. The predicted octanol–water partition coefficient (Wildman–Crippen LogP) is 5.61. The van der Waals surface area contributed by atoms with Crippen molar-refractivity contribution in [2.75, 3.05) is 20.2 Å². The molecule has 0 bridgehead atoms. The van der Waals surface area contributed by atoms with Gasteiger partial charge >= 0.3 is 12.3 Å². The van der Waals surface area contributed by atoms with Crippen LogP contribution in [-0.4, -0.2) is 86.1 Å². The molecule has 50 heavy (non-hydrogen) atoms. The van der Waals surface area contributed by atoms with E-state index in [1.54, 1.807) is 11.1 Å². The average Bonchev–Trinajstić information content (AvgIpc) is 3.91. The second-order valence-corrected chi connectivity index (χ2v) is 13.3. The van der Waals surface area contributed by atoms with Gasteiger partial charge in [0.25, 0.3) is 0 Å². The summed E-state index contributed by atoms with van der Waals surface area (Å²) in [5.41, 5.74) is 10.7. The summed E-state index contributed by atoms with van der Waals surface area (Å²) in [5, 5.41) is 2.67. The van der Waals surface area contributed by atoms with E-state index in [-0.39, 0.29) is 17.9 Å². The molecule has 0 radical (unpaired) electrons. The Morgan fingerprint density at radius 2 is 1.56 bits per heavy atom. The number of nitrogens with zero attached hydrogens (tertiary/aromatic N) is 4. The van der Waals surface area contributed by atoms with Gasteiger partial charge in [0.1, 0.15) is 17.7 Å². The van der Waals surface area contributed by atoms with Crippen LogP contribution in [0.25, 0.3) is 33.4 Å². The lowest BCUT2D eigenvalue weighted by Gasteiger charge is -2.29. The molecule has 3 amide bonds. The van der Waals surface area contributed by atoms with Crippen LogP contribution in [0.4, 0.5) is 18.0 Å². The fourth-order valence-corrected chi connectivity index (χ4v) is 6.92. The third-order valence-corrected chi connectivity index (χ3v) is 9.49. The second kappa shape index (κ2) is 14.1. The molecule has 4 aromatic rings. The molecule has 0 spiro atoms. The fraction of sp³-hybridized carbons (Fsp3) is 0.457. The Hall–Kier alpha value is -4.92. The van der Waals surface area contributed by atoms with E-state index in [1.165, 1.54) is 12.0 Å². The zero-order valence-electron chi connectivity index (χ0n) is 28.1. The van der Waals surface area contributed by atoms with Gasteiger partial charge in [-0.1, -0.05) is 44.2 Å². The first-order valence-corrected chi connectivity index (χ1v) is 16.8. The Kier molecular flexibility index (Phi) is 9.87. The monoisotopic (exact) mass is 694 g/mol. The summed E-state index contributed by atoms with van der Waals surface area (Å²) in [4.78, 5) is 57.4. The van der Waals surface area contributed by atoms with Crippen molar-refractivity contribution in [1.82, 2.24) is 35.1 Å². The van der Waals surface area contributed by atoms with Gasteiger partial charge < -0.3 is 35.6 Å². The van der Waals surface area contributed by atoms with E-state index < -0.39 is 42.7 Å². The van der Waals surface area contributed by atoms with E-state index in [0.717, 1.165) is 46.3 Å². The molecule has 2 saturated heterocycles. The van der Waals surface area contributed by atoms with Gasteiger partial charge in [0.2, 0.25) is 11.8 Å². The minimum atomic E-state index is -4.52. The number of ether oxygens (including phenoxy) is 1. The number of amides is 3. The lowest BCUT2D eigenvalue weighted by atomic mass is 10.0. The van der Waals surface area contributed by atoms with Crippen molar-refractivity contribution in [2.45, 2.75) is 76.3 Å². The molecular formula is C35H41F3N8O4. The number of rotatable bonds is 9. The first-order valence-electron chi connectivity index (χ1n) is 16.8. The van der Waals surface area contributed by atoms with Crippen molar-refractivity contribution in [2.24, 2.45) is 11.7 Å². The van der Waals surface area contributed by atoms with Gasteiger partial charge in [-0.05, 0) is 60.4 Å². The van der Waals surface area contributed by atoms with Gasteiger partial charge in [-0.15, -0.1) is 0 Å². The van der Waals surface area contributed by atoms with E-state index in [4.69, 9.17) is 15.5 Å². The Labute approximate surface area is 287 Å². The van der Waals surface area contributed by atoms with Crippen LogP contribution in [0.3, 0.4) is 0 Å². The van der Waals surface area contributed by atoms with E-state index in [2.05, 4.69) is 20.3 Å². The summed E-state index contributed by atoms with van der Waals surface area (Å²) in [5.74, 6) is 0.179. The molecule has 15 heteroatoms. The molecule has 6 rings (SSSR count). The molecular weight excluding hydrogens is 653 g/mol. The maximum atomic E-state index is 13.5. The molecule has 266 valence electrons. The summed E-state index contributed by atoms with van der Waals surface area (Å²) >= 11 is 0. The summed E-state index contributed by atoms with van der Waals surface area (Å²) in [6.45, 7) is 4.65. The van der Waals surface area contributed by atoms with Crippen molar-refractivity contribution < 1.29 is 32.3 Å². The van der Waals surface area contributed by atoms with Gasteiger partial charge in [0.15, 0.2) is 0 Å². The quantitative estimate of drug-likeness (QED) is 0.177. The van der Waals surface area contributed by atoms with Crippen LogP contribution in [0, 0.1) is 5.92 Å². The molecule has 2 fully saturated rings. The highest BCUT2D eigenvalue weighted by Gasteiger charge is 2.40. The Morgan fingerprint density at radius 1 is 0.940 bits per heavy atom. The smallest absolute Gasteiger partial charge is 0.407 e. The summed E-state index contributed by atoms with van der Waals surface area (Å²) in [7, 11) is 1.27. The maximum Gasteiger partial charge on any atom is 0.407 e. The number of likely N-dealkylation sites (tertiary alicyclic amines) is 2. The second-order valence-electron chi connectivity index (χ2n) is 13.3.